The van der Waals surface area contributed by atoms with Crippen LogP contribution >= 0.6 is 0 Å². The molecule has 2 aromatic carbocycles. The lowest BCUT2D eigenvalue weighted by Crippen LogP contribution is -2.38. The Morgan fingerprint density at radius 2 is 1.03 bits per heavy atom. The van der Waals surface area contributed by atoms with Gasteiger partial charge in [0.1, 0.15) is 34.0 Å². The molecule has 2 saturated carbocycles. The Balaban J connectivity index is 1.66. The SMILES string of the molecule is COc1ccc(N=Nc2ccc(OC)cc2NC2(C(F)(F)F)CC2)c(NC2(C(F)(F)F)CC2)c1. The highest BCUT2D eigenvalue weighted by molar-refractivity contribution is 5.72. The summed E-state index contributed by atoms with van der Waals surface area (Å²) in [5.41, 5.74) is -3.85. The third-order valence-electron chi connectivity index (χ3n) is 6.01. The molecule has 0 heterocycles. The van der Waals surface area contributed by atoms with Gasteiger partial charge in [0.15, 0.2) is 0 Å². The highest BCUT2D eigenvalue weighted by atomic mass is 19.4. The standard InChI is InChI=1S/C22H22F6N4O2/c1-33-13-3-5-15(17(11-13)29-19(7-8-19)21(23,24)25)31-32-16-6-4-14(34-2)12-18(16)30-20(9-10-20)22(26,27)28/h3-6,11-12,29-30H,7-10H2,1-2H3. The first kappa shape index (κ1) is 24.0. The molecular formula is C22H22F6N4O2. The Kier molecular flexibility index (Phi) is 5.81. The minimum Gasteiger partial charge on any atom is -0.497 e. The molecule has 0 unspecified atom stereocenters. The monoisotopic (exact) mass is 488 g/mol. The lowest BCUT2D eigenvalue weighted by molar-refractivity contribution is -0.151. The zero-order valence-corrected chi connectivity index (χ0v) is 18.3. The van der Waals surface area contributed by atoms with Crippen molar-refractivity contribution in [3.63, 3.8) is 0 Å². The van der Waals surface area contributed by atoms with Crippen molar-refractivity contribution >= 4 is 22.7 Å². The van der Waals surface area contributed by atoms with Gasteiger partial charge in [0.05, 0.1) is 25.6 Å². The molecule has 4 rings (SSSR count). The highest BCUT2D eigenvalue weighted by Gasteiger charge is 2.64. The van der Waals surface area contributed by atoms with Crippen molar-refractivity contribution in [1.29, 1.82) is 0 Å². The van der Waals surface area contributed by atoms with Crippen LogP contribution in [0.4, 0.5) is 49.1 Å². The summed E-state index contributed by atoms with van der Waals surface area (Å²) in [4.78, 5) is 0. The molecule has 184 valence electrons. The first-order valence-electron chi connectivity index (χ1n) is 10.4. The molecule has 0 aliphatic heterocycles. The van der Waals surface area contributed by atoms with Gasteiger partial charge >= 0.3 is 12.4 Å². The van der Waals surface area contributed by atoms with E-state index in [-0.39, 0.29) is 48.4 Å². The number of azo groups is 1. The van der Waals surface area contributed by atoms with Crippen molar-refractivity contribution < 1.29 is 35.8 Å². The van der Waals surface area contributed by atoms with Gasteiger partial charge in [-0.1, -0.05) is 0 Å². The van der Waals surface area contributed by atoms with Gasteiger partial charge in [0.2, 0.25) is 0 Å². The number of anilines is 2. The Hall–Kier alpha value is -3.18. The largest absolute Gasteiger partial charge is 0.497 e. The van der Waals surface area contributed by atoms with Gasteiger partial charge in [-0.05, 0) is 49.9 Å². The number of halogens is 6. The maximum absolute atomic E-state index is 13.5. The third-order valence-corrected chi connectivity index (χ3v) is 6.01. The minimum absolute atomic E-state index is 0.0508. The van der Waals surface area contributed by atoms with Crippen LogP contribution in [0.2, 0.25) is 0 Å². The first-order chi connectivity index (χ1) is 15.9. The number of alkyl halides is 6. The van der Waals surface area contributed by atoms with Crippen molar-refractivity contribution in [2.24, 2.45) is 10.2 Å². The van der Waals surface area contributed by atoms with Crippen LogP contribution in [0, 0.1) is 0 Å². The van der Waals surface area contributed by atoms with E-state index < -0.39 is 23.4 Å². The number of rotatable bonds is 8. The third kappa shape index (κ3) is 4.58. The molecule has 2 aromatic rings. The van der Waals surface area contributed by atoms with Crippen LogP contribution in [-0.4, -0.2) is 37.7 Å². The maximum Gasteiger partial charge on any atom is 0.411 e. The summed E-state index contributed by atoms with van der Waals surface area (Å²) in [5, 5.41) is 13.1. The molecule has 2 aliphatic carbocycles. The van der Waals surface area contributed by atoms with Crippen LogP contribution < -0.4 is 20.1 Å². The topological polar surface area (TPSA) is 67.2 Å². The van der Waals surface area contributed by atoms with E-state index in [9.17, 15) is 26.3 Å². The van der Waals surface area contributed by atoms with Crippen molar-refractivity contribution in [2.75, 3.05) is 24.9 Å². The summed E-state index contributed by atoms with van der Waals surface area (Å²) < 4.78 is 91.0. The zero-order chi connectivity index (χ0) is 24.8. The van der Waals surface area contributed by atoms with Crippen molar-refractivity contribution in [2.45, 2.75) is 49.1 Å². The predicted molar refractivity (Wildman–Crippen MR) is 113 cm³/mol. The molecule has 12 heteroatoms. The van der Waals surface area contributed by atoms with Crippen molar-refractivity contribution in [3.05, 3.63) is 36.4 Å². The predicted octanol–water partition coefficient (Wildman–Crippen LogP) is 7.13. The van der Waals surface area contributed by atoms with Gasteiger partial charge in [-0.15, -0.1) is 10.2 Å². The van der Waals surface area contributed by atoms with Crippen LogP contribution in [0.15, 0.2) is 46.6 Å². The minimum atomic E-state index is -4.46. The maximum atomic E-state index is 13.5. The Labute approximate surface area is 191 Å². The van der Waals surface area contributed by atoms with Crippen LogP contribution in [0.1, 0.15) is 25.7 Å². The van der Waals surface area contributed by atoms with E-state index in [0.717, 1.165) is 0 Å². The van der Waals surface area contributed by atoms with Crippen molar-refractivity contribution in [1.82, 2.24) is 0 Å². The van der Waals surface area contributed by atoms with E-state index in [2.05, 4.69) is 20.9 Å². The van der Waals surface area contributed by atoms with E-state index in [4.69, 9.17) is 9.47 Å². The summed E-state index contributed by atoms with van der Waals surface area (Å²) in [6.45, 7) is 0. The average Bonchev–Trinajstić information content (AvgIpc) is 3.69. The Morgan fingerprint density at radius 1 is 0.676 bits per heavy atom. The average molecular weight is 488 g/mol. The highest BCUT2D eigenvalue weighted by Crippen LogP contribution is 2.53. The van der Waals surface area contributed by atoms with Crippen LogP contribution in [0.25, 0.3) is 0 Å². The van der Waals surface area contributed by atoms with E-state index >= 15 is 0 Å². The normalized spacial score (nSPS) is 18.5. The second-order valence-corrected chi connectivity index (χ2v) is 8.38. The molecule has 0 saturated heterocycles. The number of hydrogen-bond donors (Lipinski definition) is 2. The molecular weight excluding hydrogens is 466 g/mol. The molecule has 34 heavy (non-hydrogen) atoms. The summed E-state index contributed by atoms with van der Waals surface area (Å²) in [5.74, 6) is 0.624. The van der Waals surface area contributed by atoms with E-state index in [0.29, 0.717) is 11.5 Å². The Bertz CT molecular complexity index is 1010. The van der Waals surface area contributed by atoms with Gasteiger partial charge in [0.25, 0.3) is 0 Å². The molecule has 2 fully saturated rings. The number of hydrogen-bond acceptors (Lipinski definition) is 6. The Morgan fingerprint density at radius 3 is 1.29 bits per heavy atom. The van der Waals surface area contributed by atoms with Gasteiger partial charge in [-0.25, -0.2) is 0 Å². The number of benzene rings is 2. The molecule has 0 spiro atoms. The lowest BCUT2D eigenvalue weighted by atomic mass is 10.2. The molecule has 6 nitrogen and oxygen atoms in total. The molecule has 2 aliphatic rings. The van der Waals surface area contributed by atoms with Crippen LogP contribution in [-0.2, 0) is 0 Å². The second kappa shape index (κ2) is 8.24. The molecule has 2 N–H and O–H groups in total. The number of nitrogens with zero attached hydrogens (tertiary/aromatic N) is 2. The van der Waals surface area contributed by atoms with Gasteiger partial charge in [-0.2, -0.15) is 26.3 Å². The van der Waals surface area contributed by atoms with Crippen molar-refractivity contribution in [3.8, 4) is 11.5 Å². The van der Waals surface area contributed by atoms with E-state index in [1.807, 2.05) is 0 Å². The fraction of sp³-hybridized carbons (Fsp3) is 0.455. The van der Waals surface area contributed by atoms with E-state index in [1.54, 1.807) is 0 Å². The smallest absolute Gasteiger partial charge is 0.411 e. The van der Waals surface area contributed by atoms with Crippen LogP contribution in [0.5, 0.6) is 11.5 Å². The molecule has 0 amide bonds. The molecule has 0 radical (unpaired) electrons. The molecule has 0 bridgehead atoms. The summed E-state index contributed by atoms with van der Waals surface area (Å²) in [7, 11) is 2.75. The van der Waals surface area contributed by atoms with Gasteiger partial charge < -0.3 is 20.1 Å². The number of methoxy groups -OCH3 is 2. The molecule has 0 aromatic heterocycles. The fourth-order valence-electron chi connectivity index (χ4n) is 3.49. The number of nitrogens with one attached hydrogen (secondary N) is 2. The van der Waals surface area contributed by atoms with Crippen LogP contribution in [0.3, 0.4) is 0 Å². The summed E-state index contributed by atoms with van der Waals surface area (Å²) >= 11 is 0. The quantitative estimate of drug-likeness (QED) is 0.306. The first-order valence-corrected chi connectivity index (χ1v) is 10.4. The fourth-order valence-corrected chi connectivity index (χ4v) is 3.49. The summed E-state index contributed by atoms with van der Waals surface area (Å²) in [6, 6.07) is 8.59. The van der Waals surface area contributed by atoms with E-state index in [1.165, 1.54) is 50.6 Å². The second-order valence-electron chi connectivity index (χ2n) is 8.38. The summed E-state index contributed by atoms with van der Waals surface area (Å²) in [6.07, 6.45) is -9.28. The zero-order valence-electron chi connectivity index (χ0n) is 18.3. The number of ether oxygens (including phenoxy) is 2. The molecule has 0 atom stereocenters. The lowest BCUT2D eigenvalue weighted by Gasteiger charge is -2.23. The van der Waals surface area contributed by atoms with Gasteiger partial charge in [0, 0.05) is 12.1 Å². The van der Waals surface area contributed by atoms with Gasteiger partial charge in [-0.3, -0.25) is 0 Å².